The van der Waals surface area contributed by atoms with Crippen LogP contribution in [0.3, 0.4) is 0 Å². The van der Waals surface area contributed by atoms with Crippen molar-refractivity contribution in [1.29, 1.82) is 0 Å². The van der Waals surface area contributed by atoms with E-state index in [1.165, 1.54) is 11.6 Å². The lowest BCUT2D eigenvalue weighted by molar-refractivity contribution is 0.507. The zero-order valence-corrected chi connectivity index (χ0v) is 12.1. The fourth-order valence-electron chi connectivity index (χ4n) is 1.84. The van der Waals surface area contributed by atoms with Gasteiger partial charge in [0.15, 0.2) is 0 Å². The lowest BCUT2D eigenvalue weighted by Crippen LogP contribution is -2.38. The number of hydrogen-bond donors (Lipinski definition) is 2. The number of hydrazine groups is 1. The van der Waals surface area contributed by atoms with Crippen LogP contribution in [0.1, 0.15) is 11.1 Å². The Morgan fingerprint density at radius 1 is 1.33 bits per heavy atom. The Hall–Kier alpha value is -0.750. The van der Waals surface area contributed by atoms with Gasteiger partial charge in [-0.1, -0.05) is 22.0 Å². The summed E-state index contributed by atoms with van der Waals surface area (Å²) >= 11 is 4.90. The van der Waals surface area contributed by atoms with Gasteiger partial charge in [-0.2, -0.15) is 11.3 Å². The number of benzene rings is 1. The van der Waals surface area contributed by atoms with Crippen LogP contribution in [0.2, 0.25) is 0 Å². The molecule has 0 amide bonds. The summed E-state index contributed by atoms with van der Waals surface area (Å²) in [6.07, 6.45) is 1.38. The third-order valence-corrected chi connectivity index (χ3v) is 4.00. The van der Waals surface area contributed by atoms with Gasteiger partial charge in [-0.05, 0) is 52.9 Å². The van der Waals surface area contributed by atoms with E-state index >= 15 is 0 Å². The Kier molecular flexibility index (Phi) is 4.88. The number of halogens is 2. The maximum Gasteiger partial charge on any atom is 0.127 e. The summed E-state index contributed by atoms with van der Waals surface area (Å²) < 4.78 is 14.5. The van der Waals surface area contributed by atoms with Gasteiger partial charge < -0.3 is 0 Å². The fraction of sp³-hybridized carbons (Fsp3) is 0.231. The Labute approximate surface area is 118 Å². The topological polar surface area (TPSA) is 38.0 Å². The molecule has 1 aromatic carbocycles. The van der Waals surface area contributed by atoms with E-state index in [2.05, 4.69) is 32.8 Å². The second-order valence-corrected chi connectivity index (χ2v) is 5.83. The van der Waals surface area contributed by atoms with Crippen LogP contribution >= 0.6 is 27.3 Å². The van der Waals surface area contributed by atoms with Crippen LogP contribution in [0.5, 0.6) is 0 Å². The lowest BCUT2D eigenvalue weighted by atomic mass is 10.0. The van der Waals surface area contributed by atoms with Crippen molar-refractivity contribution in [1.82, 2.24) is 5.43 Å². The monoisotopic (exact) mass is 328 g/mol. The van der Waals surface area contributed by atoms with E-state index in [1.54, 1.807) is 17.4 Å². The summed E-state index contributed by atoms with van der Waals surface area (Å²) in [6, 6.07) is 7.21. The molecule has 0 radical (unpaired) electrons. The van der Waals surface area contributed by atoms with Crippen LogP contribution in [0.4, 0.5) is 4.39 Å². The van der Waals surface area contributed by atoms with Crippen molar-refractivity contribution in [2.75, 3.05) is 0 Å². The van der Waals surface area contributed by atoms with Crippen LogP contribution in [0.25, 0.3) is 0 Å². The van der Waals surface area contributed by atoms with Crippen molar-refractivity contribution in [3.8, 4) is 0 Å². The predicted octanol–water partition coefficient (Wildman–Crippen LogP) is 3.27. The molecule has 0 saturated carbocycles. The maximum absolute atomic E-state index is 13.7. The SMILES string of the molecule is NNC(Cc1ccsc1)Cc1ccc(Br)cc1F. The molecule has 0 spiro atoms. The van der Waals surface area contributed by atoms with Crippen LogP contribution in [0, 0.1) is 5.82 Å². The number of hydrogen-bond acceptors (Lipinski definition) is 3. The van der Waals surface area contributed by atoms with Crippen LogP contribution < -0.4 is 11.3 Å². The van der Waals surface area contributed by atoms with Crippen LogP contribution in [-0.2, 0) is 12.8 Å². The smallest absolute Gasteiger partial charge is 0.127 e. The highest BCUT2D eigenvalue weighted by Gasteiger charge is 2.12. The van der Waals surface area contributed by atoms with Crippen molar-refractivity contribution < 1.29 is 4.39 Å². The Balaban J connectivity index is 2.05. The average Bonchev–Trinajstić information content (AvgIpc) is 2.84. The van der Waals surface area contributed by atoms with Gasteiger partial charge in [0.1, 0.15) is 5.82 Å². The molecule has 0 aliphatic carbocycles. The van der Waals surface area contributed by atoms with E-state index in [0.29, 0.717) is 12.0 Å². The molecule has 1 unspecified atom stereocenters. The summed E-state index contributed by atoms with van der Waals surface area (Å²) in [7, 11) is 0. The van der Waals surface area contributed by atoms with Crippen LogP contribution in [-0.4, -0.2) is 6.04 Å². The van der Waals surface area contributed by atoms with Crippen molar-refractivity contribution in [2.24, 2.45) is 5.84 Å². The molecule has 96 valence electrons. The van der Waals surface area contributed by atoms with E-state index < -0.39 is 0 Å². The molecule has 3 N–H and O–H groups in total. The van der Waals surface area contributed by atoms with Crippen molar-refractivity contribution in [3.63, 3.8) is 0 Å². The minimum atomic E-state index is -0.199. The zero-order chi connectivity index (χ0) is 13.0. The van der Waals surface area contributed by atoms with Gasteiger partial charge >= 0.3 is 0 Å². The Morgan fingerprint density at radius 2 is 2.17 bits per heavy atom. The van der Waals surface area contributed by atoms with E-state index in [1.807, 2.05) is 11.4 Å². The molecule has 18 heavy (non-hydrogen) atoms. The third-order valence-electron chi connectivity index (χ3n) is 2.78. The normalized spacial score (nSPS) is 12.6. The molecule has 0 aliphatic heterocycles. The van der Waals surface area contributed by atoms with E-state index in [0.717, 1.165) is 10.9 Å². The minimum absolute atomic E-state index is 0.0373. The zero-order valence-electron chi connectivity index (χ0n) is 9.70. The summed E-state index contributed by atoms with van der Waals surface area (Å²) in [6.45, 7) is 0. The minimum Gasteiger partial charge on any atom is -0.271 e. The summed E-state index contributed by atoms with van der Waals surface area (Å²) in [5.74, 6) is 5.34. The molecule has 0 saturated heterocycles. The van der Waals surface area contributed by atoms with Gasteiger partial charge in [-0.3, -0.25) is 11.3 Å². The maximum atomic E-state index is 13.7. The molecule has 1 atom stereocenters. The Morgan fingerprint density at radius 3 is 2.78 bits per heavy atom. The number of nitrogens with two attached hydrogens (primary N) is 1. The molecule has 2 rings (SSSR count). The van der Waals surface area contributed by atoms with Gasteiger partial charge in [0.2, 0.25) is 0 Å². The van der Waals surface area contributed by atoms with Crippen molar-refractivity contribution in [2.45, 2.75) is 18.9 Å². The predicted molar refractivity (Wildman–Crippen MR) is 76.9 cm³/mol. The van der Waals surface area contributed by atoms with Gasteiger partial charge in [0, 0.05) is 10.5 Å². The second kappa shape index (κ2) is 6.43. The highest BCUT2D eigenvalue weighted by atomic mass is 79.9. The molecule has 1 heterocycles. The number of rotatable bonds is 5. The van der Waals surface area contributed by atoms with Crippen molar-refractivity contribution >= 4 is 27.3 Å². The van der Waals surface area contributed by atoms with Gasteiger partial charge in [0.25, 0.3) is 0 Å². The van der Waals surface area contributed by atoms with E-state index in [9.17, 15) is 4.39 Å². The molecule has 0 aliphatic rings. The average molecular weight is 329 g/mol. The van der Waals surface area contributed by atoms with Crippen molar-refractivity contribution in [3.05, 3.63) is 56.4 Å². The quantitative estimate of drug-likeness (QED) is 0.653. The van der Waals surface area contributed by atoms with E-state index in [4.69, 9.17) is 5.84 Å². The van der Waals surface area contributed by atoms with Gasteiger partial charge in [0.05, 0.1) is 0 Å². The lowest BCUT2D eigenvalue weighted by Gasteiger charge is -2.15. The first kappa shape index (κ1) is 13.7. The summed E-state index contributed by atoms with van der Waals surface area (Å²) in [5.41, 5.74) is 4.66. The molecule has 5 heteroatoms. The highest BCUT2D eigenvalue weighted by Crippen LogP contribution is 2.18. The van der Waals surface area contributed by atoms with Crippen LogP contribution in [0.15, 0.2) is 39.5 Å². The largest absolute Gasteiger partial charge is 0.271 e. The summed E-state index contributed by atoms with van der Waals surface area (Å²) in [4.78, 5) is 0. The first-order chi connectivity index (χ1) is 8.69. The Bertz CT molecular complexity index is 502. The standard InChI is InChI=1S/C13H14BrFN2S/c14-11-2-1-10(13(15)7-11)6-12(17-16)5-9-3-4-18-8-9/h1-4,7-8,12,17H,5-6,16H2. The molecule has 0 bridgehead atoms. The first-order valence-electron chi connectivity index (χ1n) is 5.60. The number of thiophene rings is 1. The molecule has 0 fully saturated rings. The summed E-state index contributed by atoms with van der Waals surface area (Å²) in [5, 5.41) is 4.12. The van der Waals surface area contributed by atoms with Gasteiger partial charge in [-0.15, -0.1) is 0 Å². The molecular formula is C13H14BrFN2S. The molecular weight excluding hydrogens is 315 g/mol. The number of nitrogens with one attached hydrogen (secondary N) is 1. The molecule has 1 aromatic heterocycles. The molecule has 2 nitrogen and oxygen atoms in total. The second-order valence-electron chi connectivity index (χ2n) is 4.14. The fourth-order valence-corrected chi connectivity index (χ4v) is 2.85. The van der Waals surface area contributed by atoms with Gasteiger partial charge in [-0.25, -0.2) is 4.39 Å². The highest BCUT2D eigenvalue weighted by molar-refractivity contribution is 9.10. The third kappa shape index (κ3) is 3.62. The van der Waals surface area contributed by atoms with E-state index in [-0.39, 0.29) is 11.9 Å². The first-order valence-corrected chi connectivity index (χ1v) is 7.33. The molecule has 2 aromatic rings.